The van der Waals surface area contributed by atoms with Crippen LogP contribution in [0.15, 0.2) is 109 Å². The Bertz CT molecular complexity index is 1330. The number of carbonyl (C=O) groups is 2. The molecule has 65 heavy (non-hydrogen) atoms. The minimum absolute atomic E-state index is 0.0181. The Balaban J connectivity index is 4.80. The summed E-state index contributed by atoms with van der Waals surface area (Å²) in [5, 5.41) is 23.7. The summed E-state index contributed by atoms with van der Waals surface area (Å²) in [6.07, 6.45) is 70.1. The molecule has 6 heteroatoms. The molecule has 370 valence electrons. The molecule has 0 aliphatic carbocycles. The highest BCUT2D eigenvalue weighted by molar-refractivity contribution is 5.77. The Morgan fingerprint density at radius 2 is 0.892 bits per heavy atom. The SMILES string of the molecule is CC/C=C\C/C=C\C/C=C\C/C=C\C/C=C\C/C=C\CCC(=O)OC(CCCCC/C=C/C=C/C=C/CCCCCCC)CC(=O)NC(CO)C(O)CCCCCCCCCCCCC. The average Bonchev–Trinajstić information content (AvgIpc) is 3.30. The number of esters is 1. The molecule has 0 bridgehead atoms. The fourth-order valence-corrected chi connectivity index (χ4v) is 7.40. The Labute approximate surface area is 400 Å². The number of hydrogen-bond acceptors (Lipinski definition) is 5. The lowest BCUT2D eigenvalue weighted by Gasteiger charge is -2.24. The number of nitrogens with one attached hydrogen (secondary N) is 1. The molecule has 0 aromatic carbocycles. The van der Waals surface area contributed by atoms with Gasteiger partial charge in [-0.25, -0.2) is 0 Å². The van der Waals surface area contributed by atoms with Gasteiger partial charge in [-0.15, -0.1) is 0 Å². The van der Waals surface area contributed by atoms with Gasteiger partial charge in [-0.05, 0) is 89.9 Å². The number of amides is 1. The first-order valence-corrected chi connectivity index (χ1v) is 26.6. The van der Waals surface area contributed by atoms with Crippen LogP contribution in [-0.2, 0) is 14.3 Å². The molecule has 0 aliphatic rings. The molecule has 0 saturated heterocycles. The number of aliphatic hydroxyl groups excluding tert-OH is 2. The van der Waals surface area contributed by atoms with E-state index in [1.807, 2.05) is 6.08 Å². The summed E-state index contributed by atoms with van der Waals surface area (Å²) in [7, 11) is 0. The smallest absolute Gasteiger partial charge is 0.306 e. The third-order valence-corrected chi connectivity index (χ3v) is 11.4. The van der Waals surface area contributed by atoms with E-state index in [9.17, 15) is 19.8 Å². The molecule has 0 aromatic rings. The van der Waals surface area contributed by atoms with E-state index in [2.05, 4.69) is 129 Å². The second kappa shape index (κ2) is 51.5. The fraction of sp³-hybridized carbons (Fsp3) is 0.661. The zero-order chi connectivity index (χ0) is 47.4. The second-order valence-electron chi connectivity index (χ2n) is 17.6. The van der Waals surface area contributed by atoms with E-state index >= 15 is 0 Å². The minimum atomic E-state index is -0.816. The molecule has 3 N–H and O–H groups in total. The van der Waals surface area contributed by atoms with Crippen LogP contribution in [0.3, 0.4) is 0 Å². The van der Waals surface area contributed by atoms with Crippen LogP contribution in [0, 0.1) is 0 Å². The molecule has 0 rings (SSSR count). The third-order valence-electron chi connectivity index (χ3n) is 11.4. The number of rotatable bonds is 46. The van der Waals surface area contributed by atoms with E-state index in [1.54, 1.807) is 0 Å². The molecule has 3 unspecified atom stereocenters. The van der Waals surface area contributed by atoms with E-state index in [1.165, 1.54) is 83.5 Å². The van der Waals surface area contributed by atoms with Crippen LogP contribution >= 0.6 is 0 Å². The number of aliphatic hydroxyl groups is 2. The molecule has 0 aliphatic heterocycles. The maximum absolute atomic E-state index is 13.2. The Kier molecular flexibility index (Phi) is 48.7. The van der Waals surface area contributed by atoms with Gasteiger partial charge in [0.1, 0.15) is 6.10 Å². The van der Waals surface area contributed by atoms with Crippen molar-refractivity contribution in [3.63, 3.8) is 0 Å². The summed E-state index contributed by atoms with van der Waals surface area (Å²) in [4.78, 5) is 26.1. The number of unbranched alkanes of at least 4 members (excludes halogenated alkanes) is 18. The summed E-state index contributed by atoms with van der Waals surface area (Å²) >= 11 is 0. The van der Waals surface area contributed by atoms with Gasteiger partial charge in [0.15, 0.2) is 0 Å². The Morgan fingerprint density at radius 1 is 0.477 bits per heavy atom. The zero-order valence-corrected chi connectivity index (χ0v) is 42.1. The minimum Gasteiger partial charge on any atom is -0.462 e. The van der Waals surface area contributed by atoms with Crippen molar-refractivity contribution in [3.05, 3.63) is 109 Å². The normalized spacial score (nSPS) is 14.1. The van der Waals surface area contributed by atoms with Gasteiger partial charge in [0.25, 0.3) is 0 Å². The van der Waals surface area contributed by atoms with E-state index in [-0.39, 0.29) is 31.3 Å². The highest BCUT2D eigenvalue weighted by Crippen LogP contribution is 2.16. The Morgan fingerprint density at radius 3 is 1.37 bits per heavy atom. The highest BCUT2D eigenvalue weighted by atomic mass is 16.5. The third kappa shape index (κ3) is 46.8. The monoisotopic (exact) mass is 902 g/mol. The van der Waals surface area contributed by atoms with Crippen molar-refractivity contribution >= 4 is 11.9 Å². The Hall–Kier alpha value is -3.48. The molecule has 0 spiro atoms. The van der Waals surface area contributed by atoms with Crippen molar-refractivity contribution in [2.75, 3.05) is 6.61 Å². The van der Waals surface area contributed by atoms with E-state index in [0.717, 1.165) is 89.9 Å². The highest BCUT2D eigenvalue weighted by Gasteiger charge is 2.24. The first kappa shape index (κ1) is 61.5. The molecule has 0 radical (unpaired) electrons. The lowest BCUT2D eigenvalue weighted by molar-refractivity contribution is -0.150. The summed E-state index contributed by atoms with van der Waals surface area (Å²) in [5.74, 6) is -0.616. The van der Waals surface area contributed by atoms with Gasteiger partial charge in [0, 0.05) is 6.42 Å². The second-order valence-corrected chi connectivity index (χ2v) is 17.6. The molecule has 1 amide bonds. The predicted octanol–water partition coefficient (Wildman–Crippen LogP) is 16.3. The molecule has 6 nitrogen and oxygen atoms in total. The van der Waals surface area contributed by atoms with Crippen LogP contribution < -0.4 is 5.32 Å². The van der Waals surface area contributed by atoms with Crippen molar-refractivity contribution < 1.29 is 24.5 Å². The maximum atomic E-state index is 13.2. The number of allylic oxidation sites excluding steroid dienone is 18. The predicted molar refractivity (Wildman–Crippen MR) is 282 cm³/mol. The topological polar surface area (TPSA) is 95.9 Å². The lowest BCUT2D eigenvalue weighted by atomic mass is 10.0. The molecule has 3 atom stereocenters. The molecule has 0 saturated carbocycles. The van der Waals surface area contributed by atoms with Crippen LogP contribution in [0.4, 0.5) is 0 Å². The van der Waals surface area contributed by atoms with Crippen LogP contribution in [0.25, 0.3) is 0 Å². The summed E-state index contributed by atoms with van der Waals surface area (Å²) < 4.78 is 5.88. The standard InChI is InChI=1S/C59H99NO5/c1-4-7-10-13-16-19-22-24-26-28-29-30-32-34-37-40-43-46-49-52-59(64)65-55(50-47-44-41-38-36-33-31-27-25-23-20-17-14-11-8-5-2)53-58(63)60-56(54-61)57(62)51-48-45-42-39-35-21-18-15-12-9-6-3/h7,10,16,19,23-27,29-31,33-34,36-37,43,46,55-57,61-62H,4-6,8-9,11-15,17-18,20-22,28,32,35,38-42,44-45,47-54H2,1-3H3,(H,60,63)/b10-7-,19-16-,25-23+,26-24-,30-29-,31-27+,36-33+,37-34-,46-43-. The van der Waals surface area contributed by atoms with E-state index in [4.69, 9.17) is 4.74 Å². The molecular formula is C59H99NO5. The molecule has 0 fully saturated rings. The van der Waals surface area contributed by atoms with Gasteiger partial charge in [-0.3, -0.25) is 9.59 Å². The van der Waals surface area contributed by atoms with Crippen molar-refractivity contribution in [1.82, 2.24) is 5.32 Å². The summed E-state index contributed by atoms with van der Waals surface area (Å²) in [6, 6.07) is -0.734. The van der Waals surface area contributed by atoms with Crippen molar-refractivity contribution in [2.24, 2.45) is 0 Å². The van der Waals surface area contributed by atoms with Gasteiger partial charge in [-0.2, -0.15) is 0 Å². The average molecular weight is 902 g/mol. The van der Waals surface area contributed by atoms with Gasteiger partial charge in [0.05, 0.1) is 25.2 Å². The van der Waals surface area contributed by atoms with Crippen LogP contribution in [0.2, 0.25) is 0 Å². The number of hydrogen-bond donors (Lipinski definition) is 3. The van der Waals surface area contributed by atoms with Crippen molar-refractivity contribution in [3.8, 4) is 0 Å². The number of ether oxygens (including phenoxy) is 1. The first-order valence-electron chi connectivity index (χ1n) is 26.6. The number of carbonyl (C=O) groups excluding carboxylic acids is 2. The summed E-state index contributed by atoms with van der Waals surface area (Å²) in [5.41, 5.74) is 0. The molecule has 0 aromatic heterocycles. The van der Waals surface area contributed by atoms with Crippen LogP contribution in [0.5, 0.6) is 0 Å². The maximum Gasteiger partial charge on any atom is 0.306 e. The van der Waals surface area contributed by atoms with Crippen molar-refractivity contribution in [1.29, 1.82) is 0 Å². The molecular weight excluding hydrogens is 803 g/mol. The summed E-state index contributed by atoms with van der Waals surface area (Å²) in [6.45, 7) is 6.31. The van der Waals surface area contributed by atoms with Gasteiger partial charge in [0.2, 0.25) is 5.91 Å². The van der Waals surface area contributed by atoms with Crippen LogP contribution in [0.1, 0.15) is 226 Å². The van der Waals surface area contributed by atoms with E-state index in [0.29, 0.717) is 19.3 Å². The lowest BCUT2D eigenvalue weighted by Crippen LogP contribution is -2.46. The van der Waals surface area contributed by atoms with E-state index < -0.39 is 18.2 Å². The zero-order valence-electron chi connectivity index (χ0n) is 42.1. The fourth-order valence-electron chi connectivity index (χ4n) is 7.40. The van der Waals surface area contributed by atoms with Crippen molar-refractivity contribution in [2.45, 2.75) is 244 Å². The van der Waals surface area contributed by atoms with Gasteiger partial charge >= 0.3 is 5.97 Å². The van der Waals surface area contributed by atoms with Gasteiger partial charge < -0.3 is 20.3 Å². The van der Waals surface area contributed by atoms with Gasteiger partial charge in [-0.1, -0.05) is 233 Å². The quantitative estimate of drug-likeness (QED) is 0.0245. The largest absolute Gasteiger partial charge is 0.462 e. The van der Waals surface area contributed by atoms with Crippen LogP contribution in [-0.4, -0.2) is 46.9 Å². The molecule has 0 heterocycles. The first-order chi connectivity index (χ1) is 32.0.